The van der Waals surface area contributed by atoms with Crippen LogP contribution in [0.3, 0.4) is 0 Å². The van der Waals surface area contributed by atoms with Crippen LogP contribution in [0.4, 0.5) is 0 Å². The van der Waals surface area contributed by atoms with E-state index in [9.17, 15) is 0 Å². The molecule has 0 unspecified atom stereocenters. The van der Waals surface area contributed by atoms with E-state index in [1.807, 2.05) is 24.4 Å². The molecule has 3 heteroatoms. The van der Waals surface area contributed by atoms with Crippen LogP contribution in [0, 0.1) is 11.3 Å². The van der Waals surface area contributed by atoms with Crippen LogP contribution in [0.2, 0.25) is 0 Å². The van der Waals surface area contributed by atoms with Gasteiger partial charge in [0.15, 0.2) is 0 Å². The van der Waals surface area contributed by atoms with E-state index in [2.05, 4.69) is 37.0 Å². The zero-order valence-corrected chi connectivity index (χ0v) is 10.3. The van der Waals surface area contributed by atoms with E-state index in [1.165, 1.54) is 0 Å². The number of H-pyrrole nitrogens is 1. The van der Waals surface area contributed by atoms with Gasteiger partial charge in [-0.1, -0.05) is 32.9 Å². The number of benzene rings is 1. The van der Waals surface area contributed by atoms with Crippen LogP contribution in [0.1, 0.15) is 31.9 Å². The minimum Gasteiger partial charge on any atom is -0.285 e. The van der Waals surface area contributed by atoms with Crippen molar-refractivity contribution in [2.45, 2.75) is 26.2 Å². The van der Waals surface area contributed by atoms with Crippen molar-refractivity contribution in [2.75, 3.05) is 0 Å². The summed E-state index contributed by atoms with van der Waals surface area (Å²) in [5, 5.41) is 16.1. The number of rotatable bonds is 1. The van der Waals surface area contributed by atoms with Crippen LogP contribution in [0.5, 0.6) is 0 Å². The van der Waals surface area contributed by atoms with Crippen molar-refractivity contribution in [1.29, 1.82) is 5.26 Å². The Morgan fingerprint density at radius 2 is 2.06 bits per heavy atom. The molecule has 0 atom stereocenters. The summed E-state index contributed by atoms with van der Waals surface area (Å²) in [5.41, 5.74) is 3.76. The minimum atomic E-state index is 0.0327. The summed E-state index contributed by atoms with van der Waals surface area (Å²) in [6.45, 7) is 6.44. The predicted octanol–water partition coefficient (Wildman–Crippen LogP) is 3.25. The molecule has 0 saturated carbocycles. The summed E-state index contributed by atoms with van der Waals surface area (Å²) in [5.74, 6) is 0. The normalized spacial score (nSPS) is 11.2. The third-order valence-electron chi connectivity index (χ3n) is 2.71. The van der Waals surface area contributed by atoms with Crippen LogP contribution < -0.4 is 0 Å². The number of nitriles is 1. The van der Waals surface area contributed by atoms with E-state index in [4.69, 9.17) is 5.26 Å². The van der Waals surface area contributed by atoms with Gasteiger partial charge in [0.1, 0.15) is 0 Å². The van der Waals surface area contributed by atoms with Gasteiger partial charge >= 0.3 is 0 Å². The van der Waals surface area contributed by atoms with Crippen molar-refractivity contribution in [1.82, 2.24) is 10.2 Å². The molecular formula is C14H15N3. The first kappa shape index (κ1) is 11.4. The van der Waals surface area contributed by atoms with E-state index in [0.717, 1.165) is 16.8 Å². The summed E-state index contributed by atoms with van der Waals surface area (Å²) in [4.78, 5) is 0. The first-order valence-corrected chi connectivity index (χ1v) is 5.57. The molecule has 1 heterocycles. The third kappa shape index (κ3) is 2.21. The molecular weight excluding hydrogens is 210 g/mol. The second-order valence-corrected chi connectivity index (χ2v) is 5.09. The Morgan fingerprint density at radius 3 is 2.71 bits per heavy atom. The Bertz CT molecular complexity index is 568. The molecule has 0 radical (unpaired) electrons. The molecule has 2 rings (SSSR count). The quantitative estimate of drug-likeness (QED) is 0.810. The van der Waals surface area contributed by atoms with Gasteiger partial charge in [0, 0.05) is 17.3 Å². The second-order valence-electron chi connectivity index (χ2n) is 5.09. The average Bonchev–Trinajstić information content (AvgIpc) is 2.77. The first-order valence-electron chi connectivity index (χ1n) is 5.57. The summed E-state index contributed by atoms with van der Waals surface area (Å²) in [7, 11) is 0. The van der Waals surface area contributed by atoms with Crippen LogP contribution in [0.15, 0.2) is 30.5 Å². The van der Waals surface area contributed by atoms with Gasteiger partial charge in [0.05, 0.1) is 17.3 Å². The maximum atomic E-state index is 8.91. The van der Waals surface area contributed by atoms with Gasteiger partial charge < -0.3 is 0 Å². The fraction of sp³-hybridized carbons (Fsp3) is 0.286. The van der Waals surface area contributed by atoms with Crippen molar-refractivity contribution in [3.8, 4) is 17.3 Å². The largest absolute Gasteiger partial charge is 0.285 e. The molecule has 0 amide bonds. The van der Waals surface area contributed by atoms with Gasteiger partial charge in [-0.2, -0.15) is 10.4 Å². The lowest BCUT2D eigenvalue weighted by atomic mass is 9.85. The van der Waals surface area contributed by atoms with Gasteiger partial charge in [0.25, 0.3) is 0 Å². The Hall–Kier alpha value is -2.08. The standard InChI is InChI=1S/C14H15N3/c1-14(2,3)12-9-16-17-13(12)11-6-4-5-10(7-11)8-15/h4-7,9H,1-3H3,(H,16,17). The SMILES string of the molecule is CC(C)(C)c1c[nH]nc1-c1cccc(C#N)c1. The van der Waals surface area contributed by atoms with Crippen molar-refractivity contribution in [2.24, 2.45) is 0 Å². The zero-order valence-electron chi connectivity index (χ0n) is 10.3. The summed E-state index contributed by atoms with van der Waals surface area (Å²) >= 11 is 0. The molecule has 0 aliphatic heterocycles. The van der Waals surface area contributed by atoms with Crippen LogP contribution >= 0.6 is 0 Å². The molecule has 0 fully saturated rings. The fourth-order valence-corrected chi connectivity index (χ4v) is 1.82. The molecule has 0 saturated heterocycles. The molecule has 2 aromatic rings. The van der Waals surface area contributed by atoms with Gasteiger partial charge in [0.2, 0.25) is 0 Å². The maximum Gasteiger partial charge on any atom is 0.0991 e. The molecule has 1 N–H and O–H groups in total. The number of aromatic amines is 1. The Balaban J connectivity index is 2.55. The third-order valence-corrected chi connectivity index (χ3v) is 2.71. The van der Waals surface area contributed by atoms with Crippen molar-refractivity contribution in [3.05, 3.63) is 41.6 Å². The molecule has 0 spiro atoms. The van der Waals surface area contributed by atoms with E-state index in [1.54, 1.807) is 6.07 Å². The van der Waals surface area contributed by atoms with Gasteiger partial charge in [-0.3, -0.25) is 5.10 Å². The second kappa shape index (κ2) is 4.06. The van der Waals surface area contributed by atoms with E-state index in [0.29, 0.717) is 5.56 Å². The number of aromatic nitrogens is 2. The molecule has 86 valence electrons. The molecule has 17 heavy (non-hydrogen) atoms. The molecule has 0 aliphatic rings. The summed E-state index contributed by atoms with van der Waals surface area (Å²) in [6, 6.07) is 9.68. The van der Waals surface area contributed by atoms with E-state index < -0.39 is 0 Å². The van der Waals surface area contributed by atoms with Gasteiger partial charge in [-0.25, -0.2) is 0 Å². The van der Waals surface area contributed by atoms with Crippen molar-refractivity contribution < 1.29 is 0 Å². The van der Waals surface area contributed by atoms with Crippen LogP contribution in [0.25, 0.3) is 11.3 Å². The fourth-order valence-electron chi connectivity index (χ4n) is 1.82. The highest BCUT2D eigenvalue weighted by molar-refractivity contribution is 5.65. The molecule has 3 nitrogen and oxygen atoms in total. The van der Waals surface area contributed by atoms with Crippen LogP contribution in [-0.2, 0) is 5.41 Å². The molecule has 0 aliphatic carbocycles. The Kier molecular flexibility index (Phi) is 2.72. The molecule has 1 aromatic carbocycles. The number of nitrogens with one attached hydrogen (secondary N) is 1. The Morgan fingerprint density at radius 1 is 1.29 bits per heavy atom. The summed E-state index contributed by atoms with van der Waals surface area (Å²) in [6.07, 6.45) is 1.92. The minimum absolute atomic E-state index is 0.0327. The molecule has 1 aromatic heterocycles. The lowest BCUT2D eigenvalue weighted by Crippen LogP contribution is -2.11. The number of hydrogen-bond acceptors (Lipinski definition) is 2. The Labute approximate surface area is 101 Å². The smallest absolute Gasteiger partial charge is 0.0991 e. The van der Waals surface area contributed by atoms with E-state index in [-0.39, 0.29) is 5.41 Å². The van der Waals surface area contributed by atoms with Crippen LogP contribution in [-0.4, -0.2) is 10.2 Å². The highest BCUT2D eigenvalue weighted by Crippen LogP contribution is 2.31. The topological polar surface area (TPSA) is 52.5 Å². The highest BCUT2D eigenvalue weighted by atomic mass is 15.1. The number of hydrogen-bond donors (Lipinski definition) is 1. The highest BCUT2D eigenvalue weighted by Gasteiger charge is 2.20. The zero-order chi connectivity index (χ0) is 12.5. The van der Waals surface area contributed by atoms with Gasteiger partial charge in [-0.15, -0.1) is 0 Å². The monoisotopic (exact) mass is 225 g/mol. The van der Waals surface area contributed by atoms with Crippen molar-refractivity contribution >= 4 is 0 Å². The predicted molar refractivity (Wildman–Crippen MR) is 67.4 cm³/mol. The maximum absolute atomic E-state index is 8.91. The lowest BCUT2D eigenvalue weighted by molar-refractivity contribution is 0.592. The summed E-state index contributed by atoms with van der Waals surface area (Å²) < 4.78 is 0. The van der Waals surface area contributed by atoms with Gasteiger partial charge in [-0.05, 0) is 17.5 Å². The van der Waals surface area contributed by atoms with E-state index >= 15 is 0 Å². The average molecular weight is 225 g/mol. The van der Waals surface area contributed by atoms with Crippen molar-refractivity contribution in [3.63, 3.8) is 0 Å². The lowest BCUT2D eigenvalue weighted by Gasteiger charge is -2.18. The first-order chi connectivity index (χ1) is 8.02. The number of nitrogens with zero attached hydrogens (tertiary/aromatic N) is 2. The molecule has 0 bridgehead atoms.